The summed E-state index contributed by atoms with van der Waals surface area (Å²) in [7, 11) is 0. The molecule has 0 saturated heterocycles. The molecule has 4 aromatic rings. The number of Topliss-reactive ketones (excluding diaryl/α,β-unsaturated/α-hetero) is 1. The van der Waals surface area contributed by atoms with Gasteiger partial charge in [0.05, 0.1) is 16.5 Å². The quantitative estimate of drug-likeness (QED) is 0.190. The Kier molecular flexibility index (Phi) is 6.52. The zero-order chi connectivity index (χ0) is 29.1. The van der Waals surface area contributed by atoms with Gasteiger partial charge in [0.2, 0.25) is 5.78 Å². The summed E-state index contributed by atoms with van der Waals surface area (Å²) in [5, 5.41) is 28.4. The highest BCUT2D eigenvalue weighted by Gasteiger charge is 2.39. The van der Waals surface area contributed by atoms with Crippen LogP contribution in [-0.2, 0) is 4.79 Å². The van der Waals surface area contributed by atoms with Crippen molar-refractivity contribution in [2.75, 3.05) is 15.7 Å². The standard InChI is InChI=1S/C34H36B2N4O2/c1-5-7-13-35-37-25-17-19(3)15-21-9-11-23(31(39-35)27(21)25)29-33(41)30(34(29)42)24-12-10-22-16-20(4)18-26-28(22)32(24)40-36(38-26)14-8-6-2/h9-12,15-18,37-39,41H,5-8,13-14H2,1-4H3/b30-24+. The number of allylic oxidation sites excluding steroid dienone is 2. The molecule has 2 aliphatic heterocycles. The van der Waals surface area contributed by atoms with Gasteiger partial charge in [-0.3, -0.25) is 4.79 Å². The van der Waals surface area contributed by atoms with Crippen LogP contribution < -0.4 is 26.3 Å². The third kappa shape index (κ3) is 4.19. The number of anilines is 3. The summed E-state index contributed by atoms with van der Waals surface area (Å²) in [5.41, 5.74) is 6.90. The first-order chi connectivity index (χ1) is 20.4. The minimum absolute atomic E-state index is 0.0535. The lowest BCUT2D eigenvalue weighted by molar-refractivity contribution is -0.109. The van der Waals surface area contributed by atoms with Crippen LogP contribution in [0.3, 0.4) is 0 Å². The Bertz CT molecular complexity index is 1970. The predicted molar refractivity (Wildman–Crippen MR) is 178 cm³/mol. The normalized spacial score (nSPS) is 16.7. The summed E-state index contributed by atoms with van der Waals surface area (Å²) >= 11 is 0. The number of hydrogen-bond acceptors (Lipinski definition) is 6. The van der Waals surface area contributed by atoms with E-state index in [0.29, 0.717) is 16.4 Å². The van der Waals surface area contributed by atoms with Crippen LogP contribution in [-0.4, -0.2) is 24.9 Å². The molecule has 4 N–H and O–H groups in total. The molecule has 0 amide bonds. The van der Waals surface area contributed by atoms with E-state index in [0.717, 1.165) is 87.9 Å². The van der Waals surface area contributed by atoms with Crippen molar-refractivity contribution in [1.29, 1.82) is 0 Å². The van der Waals surface area contributed by atoms with Crippen molar-refractivity contribution >= 4 is 69.5 Å². The molecule has 0 unspecified atom stereocenters. The summed E-state index contributed by atoms with van der Waals surface area (Å²) in [5.74, 6) is -0.0805. The Balaban J connectivity index is 1.43. The first kappa shape index (κ1) is 26.7. The van der Waals surface area contributed by atoms with E-state index in [4.69, 9.17) is 4.90 Å². The Morgan fingerprint density at radius 2 is 1.45 bits per heavy atom. The van der Waals surface area contributed by atoms with Crippen molar-refractivity contribution in [1.82, 2.24) is 0 Å². The minimum atomic E-state index is -0.134. The Labute approximate surface area is 247 Å². The van der Waals surface area contributed by atoms with Crippen molar-refractivity contribution in [3.8, 4) is 0 Å². The fraction of sp³-hybridized carbons (Fsp3) is 0.294. The third-order valence-corrected chi connectivity index (χ3v) is 8.90. The zero-order valence-corrected chi connectivity index (χ0v) is 24.8. The molecule has 0 spiro atoms. The summed E-state index contributed by atoms with van der Waals surface area (Å²) < 4.78 is 0. The van der Waals surface area contributed by atoms with Crippen LogP contribution in [0.2, 0.25) is 12.6 Å². The highest BCUT2D eigenvalue weighted by molar-refractivity contribution is 6.68. The van der Waals surface area contributed by atoms with Gasteiger partial charge < -0.3 is 25.7 Å². The van der Waals surface area contributed by atoms with Gasteiger partial charge >= 0.3 is 14.0 Å². The molecule has 0 atom stereocenters. The van der Waals surface area contributed by atoms with Gasteiger partial charge in [-0.05, 0) is 60.5 Å². The van der Waals surface area contributed by atoms with Crippen molar-refractivity contribution in [2.45, 2.75) is 66.0 Å². The van der Waals surface area contributed by atoms with Gasteiger partial charge in [-0.2, -0.15) is 0 Å². The molecule has 42 heavy (non-hydrogen) atoms. The number of hydrogen-bond donors (Lipinski definition) is 4. The lowest BCUT2D eigenvalue weighted by Crippen LogP contribution is -2.41. The lowest BCUT2D eigenvalue weighted by atomic mass is 9.67. The van der Waals surface area contributed by atoms with Crippen molar-refractivity contribution in [3.05, 3.63) is 81.6 Å². The third-order valence-electron chi connectivity index (χ3n) is 8.90. The predicted octanol–water partition coefficient (Wildman–Crippen LogP) is 6.77. The first-order valence-corrected chi connectivity index (χ1v) is 15.4. The molecule has 7 rings (SSSR count). The van der Waals surface area contributed by atoms with E-state index in [1.165, 1.54) is 11.1 Å². The average Bonchev–Trinajstić information content (AvgIpc) is 2.97. The molecule has 2 heterocycles. The maximum absolute atomic E-state index is 14.0. The van der Waals surface area contributed by atoms with Crippen molar-refractivity contribution in [2.24, 2.45) is 4.90 Å². The Hall–Kier alpha value is -4.19. The van der Waals surface area contributed by atoms with E-state index in [-0.39, 0.29) is 25.5 Å². The van der Waals surface area contributed by atoms with E-state index >= 15 is 0 Å². The van der Waals surface area contributed by atoms with E-state index in [9.17, 15) is 9.90 Å². The molecule has 0 aromatic heterocycles. The number of nitrogens with one attached hydrogen (secondary N) is 3. The lowest BCUT2D eigenvalue weighted by Gasteiger charge is -2.31. The highest BCUT2D eigenvalue weighted by Crippen LogP contribution is 2.45. The Morgan fingerprint density at radius 3 is 2.17 bits per heavy atom. The first-order valence-electron chi connectivity index (χ1n) is 15.4. The number of unbranched alkanes of at least 4 members (excludes halogenated alkanes) is 2. The molecule has 0 saturated carbocycles. The van der Waals surface area contributed by atoms with Gasteiger partial charge in [-0.15, -0.1) is 0 Å². The number of carbonyl (C=O) groups is 1. The van der Waals surface area contributed by atoms with E-state index in [1.807, 2.05) is 18.2 Å². The van der Waals surface area contributed by atoms with Crippen LogP contribution in [0.5, 0.6) is 0 Å². The molecule has 6 nitrogen and oxygen atoms in total. The van der Waals surface area contributed by atoms with Crippen molar-refractivity contribution < 1.29 is 9.90 Å². The second-order valence-electron chi connectivity index (χ2n) is 12.1. The molecule has 0 radical (unpaired) electrons. The maximum atomic E-state index is 14.0. The molecule has 8 heteroatoms. The van der Waals surface area contributed by atoms with Gasteiger partial charge in [0.25, 0.3) is 0 Å². The van der Waals surface area contributed by atoms with Crippen LogP contribution in [0, 0.1) is 13.8 Å². The van der Waals surface area contributed by atoms with Crippen LogP contribution in [0.4, 0.5) is 17.1 Å². The molecule has 3 aliphatic rings. The minimum Gasteiger partial charge on any atom is -0.506 e. The summed E-state index contributed by atoms with van der Waals surface area (Å²) in [6, 6.07) is 16.7. The number of nitrogens with zero attached hydrogens (tertiary/aromatic N) is 1. The average molecular weight is 554 g/mol. The maximum Gasteiger partial charge on any atom is 0.392 e. The highest BCUT2D eigenvalue weighted by atomic mass is 16.3. The van der Waals surface area contributed by atoms with Crippen LogP contribution in [0.25, 0.3) is 32.7 Å². The van der Waals surface area contributed by atoms with Crippen LogP contribution in [0.1, 0.15) is 56.2 Å². The number of rotatable bonds is 7. The molecule has 1 aliphatic carbocycles. The number of aryl methyl sites for hydroxylation is 2. The SMILES string of the molecule is CCCCB1N=c2/c(=C3/C(=O)C(c4ccc5cc(C)cc6c5c4NB(CCCC)N6)=C3O)ccc3cc(C)cc(c23)N1. The summed E-state index contributed by atoms with van der Waals surface area (Å²) in [6.07, 6.45) is 6.23. The molecule has 210 valence electrons. The van der Waals surface area contributed by atoms with Gasteiger partial charge in [-0.1, -0.05) is 75.9 Å². The number of carbonyl (C=O) groups excluding carboxylic acids is 1. The monoisotopic (exact) mass is 554 g/mol. The second-order valence-corrected chi connectivity index (χ2v) is 12.1. The fourth-order valence-corrected chi connectivity index (χ4v) is 6.89. The molecule has 0 bridgehead atoms. The van der Waals surface area contributed by atoms with Gasteiger partial charge in [0.1, 0.15) is 5.76 Å². The molecule has 0 fully saturated rings. The molecular formula is C34H36B2N4O2. The second kappa shape index (κ2) is 10.3. The van der Waals surface area contributed by atoms with Gasteiger partial charge in [-0.25, -0.2) is 0 Å². The molecule has 4 aromatic carbocycles. The zero-order valence-electron chi connectivity index (χ0n) is 24.8. The van der Waals surface area contributed by atoms with E-state index in [2.05, 4.69) is 73.7 Å². The van der Waals surface area contributed by atoms with Gasteiger partial charge in [0, 0.05) is 38.6 Å². The van der Waals surface area contributed by atoms with E-state index < -0.39 is 0 Å². The number of benzene rings is 4. The summed E-state index contributed by atoms with van der Waals surface area (Å²) in [6.45, 7) is 8.58. The Morgan fingerprint density at radius 1 is 0.786 bits per heavy atom. The number of aliphatic hydroxyl groups excluding tert-OH is 1. The molecular weight excluding hydrogens is 518 g/mol. The van der Waals surface area contributed by atoms with Crippen molar-refractivity contribution in [3.63, 3.8) is 0 Å². The van der Waals surface area contributed by atoms with E-state index in [1.54, 1.807) is 0 Å². The smallest absolute Gasteiger partial charge is 0.392 e. The van der Waals surface area contributed by atoms with Gasteiger partial charge in [0.15, 0.2) is 0 Å². The number of aliphatic hydroxyl groups is 1. The topological polar surface area (TPSA) is 85.8 Å². The largest absolute Gasteiger partial charge is 0.506 e. The van der Waals surface area contributed by atoms with Crippen LogP contribution in [0.15, 0.2) is 59.2 Å². The van der Waals surface area contributed by atoms with Crippen LogP contribution >= 0.6 is 0 Å². The summed E-state index contributed by atoms with van der Waals surface area (Å²) in [4.78, 5) is 19.2. The number of ketones is 1. The fourth-order valence-electron chi connectivity index (χ4n) is 6.89.